The van der Waals surface area contributed by atoms with E-state index in [1.54, 1.807) is 16.9 Å². The Morgan fingerprint density at radius 1 is 1.35 bits per heavy atom. The van der Waals surface area contributed by atoms with E-state index < -0.39 is 11.9 Å². The predicted octanol–water partition coefficient (Wildman–Crippen LogP) is 2.82. The van der Waals surface area contributed by atoms with Crippen LogP contribution in [-0.2, 0) is 9.59 Å². The minimum Gasteiger partial charge on any atom is -0.493 e. The van der Waals surface area contributed by atoms with Crippen LogP contribution in [0.15, 0.2) is 27.7 Å². The third-order valence-electron chi connectivity index (χ3n) is 4.18. The smallest absolute Gasteiger partial charge is 0.249 e. The van der Waals surface area contributed by atoms with Crippen LogP contribution in [0.1, 0.15) is 24.4 Å². The van der Waals surface area contributed by atoms with Crippen molar-refractivity contribution in [1.82, 2.24) is 9.88 Å². The molecule has 6 nitrogen and oxygen atoms in total. The molecule has 23 heavy (non-hydrogen) atoms. The minimum atomic E-state index is -0.628. The predicted molar refractivity (Wildman–Crippen MR) is 89.9 cm³/mol. The average Bonchev–Trinajstić information content (AvgIpc) is 2.68. The van der Waals surface area contributed by atoms with E-state index in [-0.39, 0.29) is 18.2 Å². The molecule has 116 valence electrons. The van der Waals surface area contributed by atoms with Crippen molar-refractivity contribution in [3.8, 4) is 5.88 Å². The van der Waals surface area contributed by atoms with Crippen LogP contribution in [0.2, 0.25) is 0 Å². The molecule has 1 aromatic carbocycles. The summed E-state index contributed by atoms with van der Waals surface area (Å²) in [6, 6.07) is 3.08. The molecule has 2 N–H and O–H groups in total. The molecule has 1 saturated heterocycles. The highest BCUT2D eigenvalue weighted by molar-refractivity contribution is 9.10. The first-order chi connectivity index (χ1) is 11.1. The van der Waals surface area contributed by atoms with Crippen molar-refractivity contribution in [2.45, 2.75) is 18.9 Å². The van der Waals surface area contributed by atoms with Gasteiger partial charge >= 0.3 is 0 Å². The zero-order valence-corrected chi connectivity index (χ0v) is 13.5. The second kappa shape index (κ2) is 5.06. The first kappa shape index (κ1) is 14.2. The van der Waals surface area contributed by atoms with Crippen molar-refractivity contribution in [3.63, 3.8) is 0 Å². The maximum absolute atomic E-state index is 12.2. The van der Waals surface area contributed by atoms with Crippen LogP contribution >= 0.6 is 15.9 Å². The second-order valence-electron chi connectivity index (χ2n) is 5.50. The van der Waals surface area contributed by atoms with Gasteiger partial charge in [-0.25, -0.2) is 0 Å². The Labute approximate surface area is 139 Å². The van der Waals surface area contributed by atoms with Crippen LogP contribution in [0.25, 0.3) is 17.0 Å². The first-order valence-electron chi connectivity index (χ1n) is 7.17. The number of benzene rings is 1. The van der Waals surface area contributed by atoms with Crippen LogP contribution in [0, 0.1) is 0 Å². The topological polar surface area (TPSA) is 83.7 Å². The standard InChI is InChI=1S/C16H12BrN3O3/c17-9-3-4-10-13-8(9)2-1-7-18-14(13)16(23)20(10)11-5-6-12(21)19-15(11)22/h1-4,7,11,23H,5-6H2,(H,19,21,22). The summed E-state index contributed by atoms with van der Waals surface area (Å²) in [7, 11) is 0. The number of aliphatic imine (C=N–C) groups is 1. The molecule has 1 atom stereocenters. The van der Waals surface area contributed by atoms with Gasteiger partial charge in [0.2, 0.25) is 17.7 Å². The summed E-state index contributed by atoms with van der Waals surface area (Å²) < 4.78 is 2.45. The van der Waals surface area contributed by atoms with Crippen LogP contribution < -0.4 is 5.32 Å². The van der Waals surface area contributed by atoms with Gasteiger partial charge in [0.1, 0.15) is 11.7 Å². The van der Waals surface area contributed by atoms with Crippen molar-refractivity contribution in [1.29, 1.82) is 0 Å². The number of aromatic hydroxyl groups is 1. The summed E-state index contributed by atoms with van der Waals surface area (Å²) in [5.41, 5.74) is 2.05. The normalized spacial score (nSPS) is 20.0. The molecule has 1 fully saturated rings. The maximum Gasteiger partial charge on any atom is 0.249 e. The van der Waals surface area contributed by atoms with Gasteiger partial charge in [-0.1, -0.05) is 22.0 Å². The number of amides is 2. The average molecular weight is 374 g/mol. The Balaban J connectivity index is 2.01. The number of rotatable bonds is 1. The lowest BCUT2D eigenvalue weighted by atomic mass is 10.1. The van der Waals surface area contributed by atoms with Crippen molar-refractivity contribution >= 4 is 56.6 Å². The summed E-state index contributed by atoms with van der Waals surface area (Å²) in [4.78, 5) is 27.9. The van der Waals surface area contributed by atoms with Crippen molar-refractivity contribution < 1.29 is 14.7 Å². The van der Waals surface area contributed by atoms with Crippen LogP contribution in [0.5, 0.6) is 5.88 Å². The highest BCUT2D eigenvalue weighted by Gasteiger charge is 2.33. The second-order valence-corrected chi connectivity index (χ2v) is 6.36. The molecule has 0 spiro atoms. The fourth-order valence-corrected chi connectivity index (χ4v) is 3.62. The van der Waals surface area contributed by atoms with Gasteiger partial charge < -0.3 is 5.11 Å². The molecular weight excluding hydrogens is 362 g/mol. The van der Waals surface area contributed by atoms with E-state index in [9.17, 15) is 14.7 Å². The van der Waals surface area contributed by atoms with Gasteiger partial charge in [-0.05, 0) is 24.6 Å². The number of nitrogens with one attached hydrogen (secondary N) is 1. The Kier molecular flexibility index (Phi) is 3.12. The Morgan fingerprint density at radius 3 is 2.96 bits per heavy atom. The van der Waals surface area contributed by atoms with Crippen LogP contribution in [0.3, 0.4) is 0 Å². The van der Waals surface area contributed by atoms with Gasteiger partial charge in [-0.3, -0.25) is 24.5 Å². The van der Waals surface area contributed by atoms with E-state index in [2.05, 4.69) is 26.2 Å². The molecule has 0 aliphatic carbocycles. The Hall–Kier alpha value is -2.41. The molecule has 2 aromatic rings. The van der Waals surface area contributed by atoms with Crippen molar-refractivity contribution in [2.75, 3.05) is 0 Å². The lowest BCUT2D eigenvalue weighted by Crippen LogP contribution is -2.41. The SMILES string of the molecule is O=C1CCC(n2c(O)c3c4c(c(Br)ccc42)C=CC=N3)C(=O)N1. The quantitative estimate of drug-likeness (QED) is 0.753. The molecular formula is C16H12BrN3O3. The summed E-state index contributed by atoms with van der Waals surface area (Å²) >= 11 is 3.51. The van der Waals surface area contributed by atoms with E-state index in [0.29, 0.717) is 17.6 Å². The number of hydrogen-bond acceptors (Lipinski definition) is 4. The molecule has 2 aliphatic rings. The molecule has 3 heterocycles. The van der Waals surface area contributed by atoms with Gasteiger partial charge in [-0.2, -0.15) is 0 Å². The van der Waals surface area contributed by atoms with Gasteiger partial charge in [0, 0.05) is 28.1 Å². The number of hydrogen-bond donors (Lipinski definition) is 2. The molecule has 1 unspecified atom stereocenters. The van der Waals surface area contributed by atoms with E-state index in [4.69, 9.17) is 0 Å². The molecule has 0 radical (unpaired) electrons. The molecule has 1 aromatic heterocycles. The zero-order valence-electron chi connectivity index (χ0n) is 11.9. The van der Waals surface area contributed by atoms with E-state index in [1.807, 2.05) is 18.2 Å². The van der Waals surface area contributed by atoms with Gasteiger partial charge in [0.05, 0.1) is 5.52 Å². The largest absolute Gasteiger partial charge is 0.493 e. The van der Waals surface area contributed by atoms with E-state index >= 15 is 0 Å². The number of allylic oxidation sites excluding steroid dienone is 1. The Morgan fingerprint density at radius 2 is 2.17 bits per heavy atom. The minimum absolute atomic E-state index is 0.0613. The van der Waals surface area contributed by atoms with Crippen LogP contribution in [0.4, 0.5) is 5.69 Å². The van der Waals surface area contributed by atoms with Gasteiger partial charge in [0.15, 0.2) is 0 Å². The number of halogens is 1. The monoisotopic (exact) mass is 373 g/mol. The number of nitrogens with zero attached hydrogens (tertiary/aromatic N) is 2. The number of piperidine rings is 1. The molecule has 2 aliphatic heterocycles. The van der Waals surface area contributed by atoms with Crippen LogP contribution in [-0.4, -0.2) is 27.7 Å². The molecule has 7 heteroatoms. The summed E-state index contributed by atoms with van der Waals surface area (Å²) in [5.74, 6) is -0.747. The molecule has 0 bridgehead atoms. The zero-order chi connectivity index (χ0) is 16.1. The Bertz CT molecular complexity index is 927. The van der Waals surface area contributed by atoms with E-state index in [0.717, 1.165) is 15.4 Å². The summed E-state index contributed by atoms with van der Waals surface area (Å²) in [6.07, 6.45) is 5.91. The maximum atomic E-state index is 12.2. The molecule has 4 rings (SSSR count). The number of carbonyl (C=O) groups excluding carboxylic acids is 2. The number of imide groups is 1. The van der Waals surface area contributed by atoms with Gasteiger partial charge in [0.25, 0.3) is 0 Å². The fourth-order valence-electron chi connectivity index (χ4n) is 3.16. The third-order valence-corrected chi connectivity index (χ3v) is 4.87. The van der Waals surface area contributed by atoms with Crippen molar-refractivity contribution in [3.05, 3.63) is 28.2 Å². The number of carbonyl (C=O) groups is 2. The lowest BCUT2D eigenvalue weighted by Gasteiger charge is -2.23. The lowest BCUT2D eigenvalue weighted by molar-refractivity contribution is -0.135. The molecule has 0 saturated carbocycles. The first-order valence-corrected chi connectivity index (χ1v) is 7.97. The highest BCUT2D eigenvalue weighted by Crippen LogP contribution is 2.46. The van der Waals surface area contributed by atoms with Crippen molar-refractivity contribution in [2.24, 2.45) is 4.99 Å². The summed E-state index contributed by atoms with van der Waals surface area (Å²) in [6.45, 7) is 0. The summed E-state index contributed by atoms with van der Waals surface area (Å²) in [5, 5.41) is 13.8. The fraction of sp³-hybridized carbons (Fsp3) is 0.188. The third kappa shape index (κ3) is 2.03. The molecule has 2 amide bonds. The van der Waals surface area contributed by atoms with E-state index in [1.165, 1.54) is 0 Å². The van der Waals surface area contributed by atoms with Gasteiger partial charge in [-0.15, -0.1) is 0 Å². The highest BCUT2D eigenvalue weighted by atomic mass is 79.9. The number of aromatic nitrogens is 1.